The lowest BCUT2D eigenvalue weighted by atomic mass is 10.2. The van der Waals surface area contributed by atoms with Crippen LogP contribution in [-0.4, -0.2) is 9.78 Å². The Morgan fingerprint density at radius 1 is 1.17 bits per heavy atom. The third-order valence-corrected chi connectivity index (χ3v) is 2.95. The molecule has 4 heteroatoms. The van der Waals surface area contributed by atoms with Crippen LogP contribution in [0.1, 0.15) is 5.56 Å². The number of hydrogen-bond donors (Lipinski definition) is 1. The summed E-state index contributed by atoms with van der Waals surface area (Å²) in [5.41, 5.74) is 7.54. The molecule has 3 nitrogen and oxygen atoms in total. The second kappa shape index (κ2) is 4.14. The first kappa shape index (κ1) is 10.8. The fourth-order valence-corrected chi connectivity index (χ4v) is 2.00. The quantitative estimate of drug-likeness (QED) is 0.701. The minimum Gasteiger partial charge on any atom is -0.399 e. The van der Waals surface area contributed by atoms with Crippen LogP contribution in [0.3, 0.4) is 0 Å². The van der Waals surface area contributed by atoms with Crippen LogP contribution in [0.4, 0.5) is 10.1 Å². The molecule has 0 amide bonds. The zero-order valence-corrected chi connectivity index (χ0v) is 9.68. The number of nitrogens with two attached hydrogens (primary N) is 1. The number of para-hydroxylation sites is 1. The predicted octanol–water partition coefficient (Wildman–Crippen LogP) is 2.81. The number of aromatic nitrogens is 2. The summed E-state index contributed by atoms with van der Waals surface area (Å²) in [5, 5.41) is 5.32. The lowest BCUT2D eigenvalue weighted by molar-refractivity contribution is 0.591. The van der Waals surface area contributed by atoms with Gasteiger partial charge in [-0.25, -0.2) is 4.39 Å². The molecule has 0 bridgehead atoms. The van der Waals surface area contributed by atoms with Gasteiger partial charge in [-0.2, -0.15) is 5.10 Å². The average Bonchev–Trinajstić information content (AvgIpc) is 2.76. The molecule has 0 spiro atoms. The molecule has 0 saturated heterocycles. The molecule has 1 aromatic heterocycles. The van der Waals surface area contributed by atoms with Gasteiger partial charge in [0, 0.05) is 16.6 Å². The molecule has 1 heterocycles. The normalized spacial score (nSPS) is 10.9. The molecule has 3 rings (SSSR count). The van der Waals surface area contributed by atoms with Gasteiger partial charge in [-0.05, 0) is 18.2 Å². The van der Waals surface area contributed by atoms with Gasteiger partial charge in [0.2, 0.25) is 0 Å². The molecule has 90 valence electrons. The summed E-state index contributed by atoms with van der Waals surface area (Å²) in [7, 11) is 0. The van der Waals surface area contributed by atoms with Gasteiger partial charge < -0.3 is 5.73 Å². The molecular formula is C14H12FN3. The van der Waals surface area contributed by atoms with E-state index in [1.54, 1.807) is 23.0 Å². The number of anilines is 1. The smallest absolute Gasteiger partial charge is 0.130 e. The number of nitrogen functional groups attached to an aromatic ring is 1. The highest BCUT2D eigenvalue weighted by molar-refractivity contribution is 5.78. The molecule has 0 fully saturated rings. The molecule has 2 N–H and O–H groups in total. The Morgan fingerprint density at radius 3 is 2.83 bits per heavy atom. The summed E-state index contributed by atoms with van der Waals surface area (Å²) in [4.78, 5) is 0. The van der Waals surface area contributed by atoms with Crippen LogP contribution >= 0.6 is 0 Å². The van der Waals surface area contributed by atoms with E-state index < -0.39 is 0 Å². The zero-order chi connectivity index (χ0) is 12.5. The van der Waals surface area contributed by atoms with Crippen LogP contribution < -0.4 is 5.73 Å². The van der Waals surface area contributed by atoms with Crippen molar-refractivity contribution >= 4 is 16.6 Å². The van der Waals surface area contributed by atoms with Gasteiger partial charge in [0.05, 0.1) is 18.3 Å². The average molecular weight is 241 g/mol. The third-order valence-electron chi connectivity index (χ3n) is 2.95. The van der Waals surface area contributed by atoms with Crippen LogP contribution in [0.15, 0.2) is 48.7 Å². The highest BCUT2D eigenvalue weighted by atomic mass is 19.1. The van der Waals surface area contributed by atoms with Gasteiger partial charge in [0.1, 0.15) is 5.82 Å². The van der Waals surface area contributed by atoms with Crippen molar-refractivity contribution in [3.05, 3.63) is 60.0 Å². The Bertz CT molecular complexity index is 703. The van der Waals surface area contributed by atoms with E-state index in [-0.39, 0.29) is 5.82 Å². The van der Waals surface area contributed by atoms with E-state index >= 15 is 0 Å². The topological polar surface area (TPSA) is 43.8 Å². The van der Waals surface area contributed by atoms with Crippen molar-refractivity contribution in [1.29, 1.82) is 0 Å². The summed E-state index contributed by atoms with van der Waals surface area (Å²) < 4.78 is 15.5. The number of halogens is 1. The zero-order valence-electron chi connectivity index (χ0n) is 9.68. The Morgan fingerprint density at radius 2 is 2.00 bits per heavy atom. The van der Waals surface area contributed by atoms with E-state index in [1.165, 1.54) is 6.07 Å². The summed E-state index contributed by atoms with van der Waals surface area (Å²) in [6, 6.07) is 12.6. The molecule has 0 saturated carbocycles. The number of fused-ring (bicyclic) bond motifs is 1. The highest BCUT2D eigenvalue weighted by Crippen LogP contribution is 2.17. The molecule has 0 unspecified atom stereocenters. The Hall–Kier alpha value is -2.36. The number of hydrogen-bond acceptors (Lipinski definition) is 2. The Labute approximate surface area is 104 Å². The molecule has 3 aromatic rings. The van der Waals surface area contributed by atoms with Crippen LogP contribution in [-0.2, 0) is 6.54 Å². The monoisotopic (exact) mass is 241 g/mol. The van der Waals surface area contributed by atoms with Gasteiger partial charge in [0.25, 0.3) is 0 Å². The van der Waals surface area contributed by atoms with E-state index in [0.29, 0.717) is 17.8 Å². The first-order valence-corrected chi connectivity index (χ1v) is 5.68. The molecule has 2 aromatic carbocycles. The third kappa shape index (κ3) is 1.82. The summed E-state index contributed by atoms with van der Waals surface area (Å²) in [6.07, 6.45) is 1.78. The summed E-state index contributed by atoms with van der Waals surface area (Å²) in [6.45, 7) is 0.402. The molecule has 0 radical (unpaired) electrons. The first-order valence-electron chi connectivity index (χ1n) is 5.68. The maximum absolute atomic E-state index is 13.7. The van der Waals surface area contributed by atoms with Crippen LogP contribution in [0.2, 0.25) is 0 Å². The minimum absolute atomic E-state index is 0.297. The van der Waals surface area contributed by atoms with Crippen molar-refractivity contribution in [2.45, 2.75) is 6.54 Å². The van der Waals surface area contributed by atoms with Crippen LogP contribution in [0.5, 0.6) is 0 Å². The molecule has 0 aliphatic carbocycles. The van der Waals surface area contributed by atoms with Crippen molar-refractivity contribution in [1.82, 2.24) is 9.78 Å². The number of nitrogens with zero attached hydrogens (tertiary/aromatic N) is 2. The van der Waals surface area contributed by atoms with Crippen molar-refractivity contribution in [2.24, 2.45) is 0 Å². The fourth-order valence-electron chi connectivity index (χ4n) is 2.00. The van der Waals surface area contributed by atoms with E-state index in [0.717, 1.165) is 10.9 Å². The van der Waals surface area contributed by atoms with Crippen molar-refractivity contribution in [3.63, 3.8) is 0 Å². The Kier molecular flexibility index (Phi) is 2.48. The molecular weight excluding hydrogens is 229 g/mol. The molecule has 0 aliphatic rings. The molecule has 0 atom stereocenters. The van der Waals surface area contributed by atoms with E-state index in [1.807, 2.05) is 24.3 Å². The SMILES string of the molecule is Nc1ccc(Cn2ncc3ccccc32)c(F)c1. The van der Waals surface area contributed by atoms with Crippen molar-refractivity contribution in [3.8, 4) is 0 Å². The fraction of sp³-hybridized carbons (Fsp3) is 0.0714. The standard InChI is InChI=1S/C14H12FN3/c15-13-7-12(16)6-5-11(13)9-18-14-4-2-1-3-10(14)8-17-18/h1-8H,9,16H2. The van der Waals surface area contributed by atoms with E-state index in [4.69, 9.17) is 5.73 Å². The summed E-state index contributed by atoms with van der Waals surface area (Å²) in [5.74, 6) is -0.297. The number of benzene rings is 2. The van der Waals surface area contributed by atoms with Gasteiger partial charge in [0.15, 0.2) is 0 Å². The van der Waals surface area contributed by atoms with E-state index in [2.05, 4.69) is 5.10 Å². The largest absolute Gasteiger partial charge is 0.399 e. The predicted molar refractivity (Wildman–Crippen MR) is 69.6 cm³/mol. The minimum atomic E-state index is -0.297. The second-order valence-corrected chi connectivity index (χ2v) is 4.21. The number of rotatable bonds is 2. The first-order chi connectivity index (χ1) is 8.74. The Balaban J connectivity index is 2.01. The summed E-state index contributed by atoms with van der Waals surface area (Å²) >= 11 is 0. The van der Waals surface area contributed by atoms with Gasteiger partial charge in [-0.1, -0.05) is 24.3 Å². The lowest BCUT2D eigenvalue weighted by Crippen LogP contribution is -2.03. The van der Waals surface area contributed by atoms with Crippen molar-refractivity contribution in [2.75, 3.05) is 5.73 Å². The molecule has 18 heavy (non-hydrogen) atoms. The molecule has 0 aliphatic heterocycles. The van der Waals surface area contributed by atoms with Crippen molar-refractivity contribution < 1.29 is 4.39 Å². The maximum Gasteiger partial charge on any atom is 0.130 e. The second-order valence-electron chi connectivity index (χ2n) is 4.21. The lowest BCUT2D eigenvalue weighted by Gasteiger charge is -2.06. The van der Waals surface area contributed by atoms with Gasteiger partial charge in [-0.15, -0.1) is 0 Å². The maximum atomic E-state index is 13.7. The van der Waals surface area contributed by atoms with Gasteiger partial charge in [-0.3, -0.25) is 4.68 Å². The highest BCUT2D eigenvalue weighted by Gasteiger charge is 2.06. The van der Waals surface area contributed by atoms with Gasteiger partial charge >= 0.3 is 0 Å². The van der Waals surface area contributed by atoms with Crippen LogP contribution in [0.25, 0.3) is 10.9 Å². The van der Waals surface area contributed by atoms with Crippen LogP contribution in [0, 0.1) is 5.82 Å². The van der Waals surface area contributed by atoms with E-state index in [9.17, 15) is 4.39 Å².